The number of ether oxygens (including phenoxy) is 1. The van der Waals surface area contributed by atoms with E-state index in [9.17, 15) is 9.59 Å². The summed E-state index contributed by atoms with van der Waals surface area (Å²) in [6, 6.07) is 16.3. The summed E-state index contributed by atoms with van der Waals surface area (Å²) < 4.78 is 5.52. The van der Waals surface area contributed by atoms with Crippen molar-refractivity contribution in [3.63, 3.8) is 0 Å². The molecule has 0 saturated carbocycles. The molecule has 122 valence electrons. The topological polar surface area (TPSA) is 58.6 Å². The van der Waals surface area contributed by atoms with Crippen LogP contribution >= 0.6 is 0 Å². The van der Waals surface area contributed by atoms with Gasteiger partial charge in [-0.15, -0.1) is 0 Å². The predicted octanol–water partition coefficient (Wildman–Crippen LogP) is 2.94. The number of nitrogens with zero attached hydrogens (tertiary/aromatic N) is 1. The molecule has 1 aliphatic rings. The monoisotopic (exact) mass is 322 g/mol. The lowest BCUT2D eigenvalue weighted by Gasteiger charge is -2.13. The van der Waals surface area contributed by atoms with Crippen LogP contribution in [0.15, 0.2) is 60.2 Å². The van der Waals surface area contributed by atoms with Crippen LogP contribution < -0.4 is 15.2 Å². The molecule has 24 heavy (non-hydrogen) atoms. The third-order valence-electron chi connectivity index (χ3n) is 3.57. The molecule has 0 bridgehead atoms. The SMILES string of the molecule is CCCOc1ccc(C=C2C(=O)NN(c3ccccc3)C2=O)cc1. The molecular weight excluding hydrogens is 304 g/mol. The van der Waals surface area contributed by atoms with Gasteiger partial charge in [-0.05, 0) is 42.3 Å². The first-order chi connectivity index (χ1) is 11.7. The van der Waals surface area contributed by atoms with Gasteiger partial charge in [0.2, 0.25) is 0 Å². The molecule has 0 radical (unpaired) electrons. The Morgan fingerprint density at radius 2 is 1.75 bits per heavy atom. The molecule has 0 spiro atoms. The van der Waals surface area contributed by atoms with Crippen LogP contribution in [0.1, 0.15) is 18.9 Å². The van der Waals surface area contributed by atoms with E-state index in [2.05, 4.69) is 5.43 Å². The van der Waals surface area contributed by atoms with Crippen molar-refractivity contribution in [1.82, 2.24) is 5.43 Å². The van der Waals surface area contributed by atoms with Gasteiger partial charge in [0, 0.05) is 0 Å². The van der Waals surface area contributed by atoms with E-state index < -0.39 is 5.91 Å². The number of carbonyl (C=O) groups excluding carboxylic acids is 2. The Balaban J connectivity index is 1.80. The fourth-order valence-electron chi connectivity index (χ4n) is 2.36. The highest BCUT2D eigenvalue weighted by atomic mass is 16.5. The largest absolute Gasteiger partial charge is 0.494 e. The van der Waals surface area contributed by atoms with Crippen molar-refractivity contribution in [2.45, 2.75) is 13.3 Å². The average Bonchev–Trinajstić information content (AvgIpc) is 2.90. The van der Waals surface area contributed by atoms with Gasteiger partial charge in [-0.2, -0.15) is 0 Å². The van der Waals surface area contributed by atoms with Gasteiger partial charge in [0.1, 0.15) is 11.3 Å². The van der Waals surface area contributed by atoms with Crippen LogP contribution in [0.25, 0.3) is 6.08 Å². The molecule has 1 saturated heterocycles. The molecule has 2 aromatic carbocycles. The smallest absolute Gasteiger partial charge is 0.282 e. The molecule has 1 heterocycles. The number of hydrogen-bond acceptors (Lipinski definition) is 3. The second-order valence-corrected chi connectivity index (χ2v) is 5.39. The van der Waals surface area contributed by atoms with E-state index in [1.54, 1.807) is 18.2 Å². The number of carbonyl (C=O) groups is 2. The van der Waals surface area contributed by atoms with Crippen molar-refractivity contribution in [2.24, 2.45) is 0 Å². The number of benzene rings is 2. The van der Waals surface area contributed by atoms with Crippen LogP contribution in [-0.4, -0.2) is 18.4 Å². The molecule has 1 fully saturated rings. The van der Waals surface area contributed by atoms with Crippen LogP contribution in [0.3, 0.4) is 0 Å². The summed E-state index contributed by atoms with van der Waals surface area (Å²) in [6.07, 6.45) is 2.53. The van der Waals surface area contributed by atoms with E-state index >= 15 is 0 Å². The second kappa shape index (κ2) is 7.00. The summed E-state index contributed by atoms with van der Waals surface area (Å²) >= 11 is 0. The first-order valence-electron chi connectivity index (χ1n) is 7.84. The van der Waals surface area contributed by atoms with Crippen molar-refractivity contribution in [1.29, 1.82) is 0 Å². The molecule has 1 aliphatic heterocycles. The maximum atomic E-state index is 12.5. The number of para-hydroxylation sites is 1. The van der Waals surface area contributed by atoms with Crippen molar-refractivity contribution in [2.75, 3.05) is 11.6 Å². The van der Waals surface area contributed by atoms with Gasteiger partial charge in [0.05, 0.1) is 12.3 Å². The fraction of sp³-hybridized carbons (Fsp3) is 0.158. The zero-order chi connectivity index (χ0) is 16.9. The summed E-state index contributed by atoms with van der Waals surface area (Å²) in [5.41, 5.74) is 4.09. The van der Waals surface area contributed by atoms with Gasteiger partial charge >= 0.3 is 0 Å². The molecule has 5 nitrogen and oxygen atoms in total. The van der Waals surface area contributed by atoms with Gasteiger partial charge in [0.15, 0.2) is 0 Å². The Labute approximate surface area is 140 Å². The van der Waals surface area contributed by atoms with Gasteiger partial charge < -0.3 is 4.74 Å². The first kappa shape index (κ1) is 15.8. The minimum atomic E-state index is -0.407. The lowest BCUT2D eigenvalue weighted by atomic mass is 10.1. The van der Waals surface area contributed by atoms with Gasteiger partial charge in [-0.1, -0.05) is 37.3 Å². The number of nitrogens with one attached hydrogen (secondary N) is 1. The zero-order valence-electron chi connectivity index (χ0n) is 13.4. The van der Waals surface area contributed by atoms with Crippen LogP contribution in [0.2, 0.25) is 0 Å². The van der Waals surface area contributed by atoms with E-state index in [1.807, 2.05) is 49.4 Å². The van der Waals surface area contributed by atoms with Gasteiger partial charge in [-0.25, -0.2) is 5.01 Å². The minimum absolute atomic E-state index is 0.112. The van der Waals surface area contributed by atoms with Gasteiger partial charge in [0.25, 0.3) is 11.8 Å². The fourth-order valence-corrected chi connectivity index (χ4v) is 2.36. The molecule has 0 atom stereocenters. The third-order valence-corrected chi connectivity index (χ3v) is 3.57. The Kier molecular flexibility index (Phi) is 4.61. The molecule has 0 aliphatic carbocycles. The lowest BCUT2D eigenvalue weighted by Crippen LogP contribution is -2.35. The summed E-state index contributed by atoms with van der Waals surface area (Å²) in [7, 11) is 0. The standard InChI is InChI=1S/C19H18N2O3/c1-2-12-24-16-10-8-14(9-11-16)13-17-18(22)20-21(19(17)23)15-6-4-3-5-7-15/h3-11,13H,2,12H2,1H3,(H,20,22). The number of anilines is 1. The van der Waals surface area contributed by atoms with Crippen molar-refractivity contribution in [3.05, 3.63) is 65.7 Å². The van der Waals surface area contributed by atoms with Crippen molar-refractivity contribution in [3.8, 4) is 5.75 Å². The van der Waals surface area contributed by atoms with Gasteiger partial charge in [-0.3, -0.25) is 15.0 Å². The number of amides is 2. The molecular formula is C19H18N2O3. The highest BCUT2D eigenvalue weighted by Crippen LogP contribution is 2.22. The molecule has 5 heteroatoms. The van der Waals surface area contributed by atoms with Crippen LogP contribution in [0.4, 0.5) is 5.69 Å². The molecule has 2 amide bonds. The Hall–Kier alpha value is -3.08. The summed E-state index contributed by atoms with van der Waals surface area (Å²) in [5.74, 6) is -0.000200. The second-order valence-electron chi connectivity index (χ2n) is 5.39. The van der Waals surface area contributed by atoms with E-state index in [4.69, 9.17) is 4.74 Å². The highest BCUT2D eigenvalue weighted by molar-refractivity contribution is 6.31. The maximum Gasteiger partial charge on any atom is 0.282 e. The molecule has 1 N–H and O–H groups in total. The zero-order valence-corrected chi connectivity index (χ0v) is 13.4. The average molecular weight is 322 g/mol. The molecule has 2 aromatic rings. The Morgan fingerprint density at radius 3 is 2.42 bits per heavy atom. The third kappa shape index (κ3) is 3.30. The molecule has 3 rings (SSSR count). The van der Waals surface area contributed by atoms with Crippen molar-refractivity contribution < 1.29 is 14.3 Å². The predicted molar refractivity (Wildman–Crippen MR) is 92.3 cm³/mol. The normalized spacial score (nSPS) is 15.7. The summed E-state index contributed by atoms with van der Waals surface area (Å²) in [5, 5.41) is 1.26. The molecule has 0 aromatic heterocycles. The van der Waals surface area contributed by atoms with Crippen molar-refractivity contribution >= 4 is 23.6 Å². The van der Waals surface area contributed by atoms with E-state index in [0.29, 0.717) is 12.3 Å². The minimum Gasteiger partial charge on any atom is -0.494 e. The lowest BCUT2D eigenvalue weighted by molar-refractivity contribution is -0.117. The number of hydrogen-bond donors (Lipinski definition) is 1. The van der Waals surface area contributed by atoms with E-state index in [0.717, 1.165) is 17.7 Å². The first-order valence-corrected chi connectivity index (χ1v) is 7.84. The van der Waals surface area contributed by atoms with Crippen LogP contribution in [0.5, 0.6) is 5.75 Å². The molecule has 0 unspecified atom stereocenters. The van der Waals surface area contributed by atoms with E-state index in [1.165, 1.54) is 5.01 Å². The maximum absolute atomic E-state index is 12.5. The highest BCUT2D eigenvalue weighted by Gasteiger charge is 2.34. The van der Waals surface area contributed by atoms with E-state index in [-0.39, 0.29) is 11.5 Å². The Morgan fingerprint density at radius 1 is 1.04 bits per heavy atom. The quantitative estimate of drug-likeness (QED) is 0.680. The van der Waals surface area contributed by atoms with Crippen LogP contribution in [0, 0.1) is 0 Å². The Bertz CT molecular complexity index is 767. The number of rotatable bonds is 5. The summed E-state index contributed by atoms with van der Waals surface area (Å²) in [4.78, 5) is 24.6. The number of hydrazine groups is 1. The summed E-state index contributed by atoms with van der Waals surface area (Å²) in [6.45, 7) is 2.70. The van der Waals surface area contributed by atoms with Crippen LogP contribution in [-0.2, 0) is 9.59 Å².